The van der Waals surface area contributed by atoms with Crippen molar-refractivity contribution >= 4 is 11.8 Å². The molecule has 5 rings (SSSR count). The van der Waals surface area contributed by atoms with Crippen molar-refractivity contribution in [1.29, 1.82) is 0 Å². The summed E-state index contributed by atoms with van der Waals surface area (Å²) in [5.41, 5.74) is 0. The van der Waals surface area contributed by atoms with Crippen molar-refractivity contribution in [3.63, 3.8) is 0 Å². The predicted molar refractivity (Wildman–Crippen MR) is 52.0 cm³/mol. The molecule has 2 bridgehead atoms. The standard InChI is InChI=1S/C11H14S/c1-2-7-9-3-8(9)6(1)10-4-12-5-11(7)10/h1-2,6-11H,3-5H2/t6-,7-,8-,9+,10-,11+/m1/s1. The summed E-state index contributed by atoms with van der Waals surface area (Å²) in [5.74, 6) is 9.43. The van der Waals surface area contributed by atoms with Gasteiger partial charge >= 0.3 is 0 Å². The Hall–Kier alpha value is 0.0900. The molecule has 1 heteroatoms. The van der Waals surface area contributed by atoms with Crippen LogP contribution in [0.1, 0.15) is 6.42 Å². The molecule has 12 heavy (non-hydrogen) atoms. The van der Waals surface area contributed by atoms with Crippen LogP contribution in [0.5, 0.6) is 0 Å². The Kier molecular flexibility index (Phi) is 1.06. The van der Waals surface area contributed by atoms with Gasteiger partial charge in [-0.05, 0) is 53.4 Å². The van der Waals surface area contributed by atoms with Crippen LogP contribution in [0.15, 0.2) is 12.2 Å². The summed E-state index contributed by atoms with van der Waals surface area (Å²) in [6.45, 7) is 0. The number of allylic oxidation sites excluding steroid dienone is 2. The largest absolute Gasteiger partial charge is 0.161 e. The number of hydrogen-bond donors (Lipinski definition) is 0. The quantitative estimate of drug-likeness (QED) is 0.513. The second-order valence-electron chi connectivity index (χ2n) is 4.97. The Labute approximate surface area is 77.8 Å². The van der Waals surface area contributed by atoms with Gasteiger partial charge in [0, 0.05) is 0 Å². The third kappa shape index (κ3) is 0.606. The molecule has 0 unspecified atom stereocenters. The van der Waals surface area contributed by atoms with Gasteiger partial charge in [-0.2, -0.15) is 11.8 Å². The lowest BCUT2D eigenvalue weighted by molar-refractivity contribution is 0.156. The summed E-state index contributed by atoms with van der Waals surface area (Å²) in [7, 11) is 0. The Balaban J connectivity index is 1.83. The molecule has 1 aliphatic heterocycles. The predicted octanol–water partition coefficient (Wildman–Crippen LogP) is 2.42. The molecule has 0 aromatic heterocycles. The minimum atomic E-state index is 1.01. The maximum Gasteiger partial charge on any atom is -0.00301 e. The summed E-state index contributed by atoms with van der Waals surface area (Å²) in [4.78, 5) is 0. The maximum absolute atomic E-state index is 2.56. The minimum Gasteiger partial charge on any atom is -0.161 e. The van der Waals surface area contributed by atoms with Gasteiger partial charge in [0.05, 0.1) is 0 Å². The Bertz CT molecular complexity index is 234. The second-order valence-corrected chi connectivity index (χ2v) is 6.04. The van der Waals surface area contributed by atoms with Crippen LogP contribution in [0.2, 0.25) is 0 Å². The first-order valence-corrected chi connectivity index (χ1v) is 6.37. The van der Waals surface area contributed by atoms with E-state index in [2.05, 4.69) is 23.9 Å². The van der Waals surface area contributed by atoms with Gasteiger partial charge in [-0.15, -0.1) is 0 Å². The van der Waals surface area contributed by atoms with Crippen LogP contribution in [0.4, 0.5) is 0 Å². The summed E-state index contributed by atoms with van der Waals surface area (Å²) < 4.78 is 0. The Morgan fingerprint density at radius 3 is 2.00 bits per heavy atom. The van der Waals surface area contributed by atoms with Crippen molar-refractivity contribution in [3.8, 4) is 0 Å². The molecule has 0 aromatic carbocycles. The van der Waals surface area contributed by atoms with Crippen LogP contribution < -0.4 is 0 Å². The van der Waals surface area contributed by atoms with E-state index in [0.717, 1.165) is 35.5 Å². The van der Waals surface area contributed by atoms with Crippen molar-refractivity contribution in [2.24, 2.45) is 35.5 Å². The molecular formula is C11H14S. The number of thioether (sulfide) groups is 1. The van der Waals surface area contributed by atoms with Crippen molar-refractivity contribution in [2.45, 2.75) is 6.42 Å². The highest BCUT2D eigenvalue weighted by Crippen LogP contribution is 2.65. The average Bonchev–Trinajstić information content (AvgIpc) is 2.77. The molecule has 5 aliphatic rings. The van der Waals surface area contributed by atoms with E-state index < -0.39 is 0 Å². The molecule has 0 amide bonds. The van der Waals surface area contributed by atoms with Crippen LogP contribution in [-0.2, 0) is 0 Å². The van der Waals surface area contributed by atoms with E-state index >= 15 is 0 Å². The zero-order chi connectivity index (χ0) is 7.71. The van der Waals surface area contributed by atoms with Gasteiger partial charge in [-0.3, -0.25) is 0 Å². The van der Waals surface area contributed by atoms with Gasteiger partial charge in [0.15, 0.2) is 0 Å². The third-order valence-corrected chi connectivity index (χ3v) is 5.84. The first kappa shape index (κ1) is 6.53. The lowest BCUT2D eigenvalue weighted by Crippen LogP contribution is -2.37. The van der Waals surface area contributed by atoms with Gasteiger partial charge in [0.1, 0.15) is 0 Å². The zero-order valence-corrected chi connectivity index (χ0v) is 7.96. The molecule has 4 aliphatic carbocycles. The van der Waals surface area contributed by atoms with Gasteiger partial charge < -0.3 is 0 Å². The molecule has 1 heterocycles. The molecule has 0 aromatic rings. The maximum atomic E-state index is 2.56. The topological polar surface area (TPSA) is 0 Å². The SMILES string of the molecule is C1=C[C@H]2[C@@H]3CSC[C@@H]3[C@H]1[C@H]1C[C@@H]21. The molecule has 0 spiro atoms. The lowest BCUT2D eigenvalue weighted by atomic mass is 9.64. The highest BCUT2D eigenvalue weighted by atomic mass is 32.2. The molecule has 64 valence electrons. The summed E-state index contributed by atoms with van der Waals surface area (Å²) in [6.07, 6.45) is 6.69. The minimum absolute atomic E-state index is 1.01. The van der Waals surface area contributed by atoms with E-state index in [0.29, 0.717) is 0 Å². The summed E-state index contributed by atoms with van der Waals surface area (Å²) in [5, 5.41) is 0. The molecule has 2 saturated carbocycles. The van der Waals surface area contributed by atoms with Gasteiger partial charge in [-0.1, -0.05) is 12.2 Å². The first-order chi connectivity index (χ1) is 5.95. The molecule has 1 saturated heterocycles. The normalized spacial score (nSPS) is 64.7. The van der Waals surface area contributed by atoms with Gasteiger partial charge in [0.2, 0.25) is 0 Å². The van der Waals surface area contributed by atoms with E-state index in [1.54, 1.807) is 6.42 Å². The van der Waals surface area contributed by atoms with Crippen molar-refractivity contribution < 1.29 is 0 Å². The van der Waals surface area contributed by atoms with Crippen LogP contribution in [0, 0.1) is 35.5 Å². The van der Waals surface area contributed by atoms with E-state index in [9.17, 15) is 0 Å². The molecule has 6 atom stereocenters. The van der Waals surface area contributed by atoms with Gasteiger partial charge in [0.25, 0.3) is 0 Å². The van der Waals surface area contributed by atoms with E-state index in [-0.39, 0.29) is 0 Å². The fourth-order valence-corrected chi connectivity index (χ4v) is 5.58. The third-order valence-electron chi connectivity index (χ3n) is 4.59. The number of hydrogen-bond acceptors (Lipinski definition) is 1. The van der Waals surface area contributed by atoms with Crippen LogP contribution in [-0.4, -0.2) is 11.5 Å². The van der Waals surface area contributed by atoms with E-state index in [1.165, 1.54) is 11.5 Å². The van der Waals surface area contributed by atoms with Crippen LogP contribution in [0.25, 0.3) is 0 Å². The van der Waals surface area contributed by atoms with E-state index in [4.69, 9.17) is 0 Å². The molecule has 3 fully saturated rings. The number of rotatable bonds is 0. The highest BCUT2D eigenvalue weighted by molar-refractivity contribution is 7.99. The average molecular weight is 178 g/mol. The molecule has 0 radical (unpaired) electrons. The van der Waals surface area contributed by atoms with Crippen LogP contribution in [0.3, 0.4) is 0 Å². The zero-order valence-electron chi connectivity index (χ0n) is 7.15. The Morgan fingerprint density at radius 2 is 1.42 bits per heavy atom. The van der Waals surface area contributed by atoms with Crippen molar-refractivity contribution in [3.05, 3.63) is 12.2 Å². The van der Waals surface area contributed by atoms with Crippen molar-refractivity contribution in [1.82, 2.24) is 0 Å². The molecule has 0 N–H and O–H groups in total. The highest BCUT2D eigenvalue weighted by Gasteiger charge is 2.59. The monoisotopic (exact) mass is 178 g/mol. The summed E-state index contributed by atoms with van der Waals surface area (Å²) >= 11 is 2.21. The second kappa shape index (κ2) is 1.95. The fraction of sp³-hybridized carbons (Fsp3) is 0.818. The van der Waals surface area contributed by atoms with E-state index in [1.807, 2.05) is 0 Å². The van der Waals surface area contributed by atoms with Gasteiger partial charge in [-0.25, -0.2) is 0 Å². The lowest BCUT2D eigenvalue weighted by Gasteiger charge is -2.40. The molecule has 0 nitrogen and oxygen atoms in total. The smallest absolute Gasteiger partial charge is 0.00301 e. The van der Waals surface area contributed by atoms with Crippen LogP contribution >= 0.6 is 11.8 Å². The van der Waals surface area contributed by atoms with Crippen molar-refractivity contribution in [2.75, 3.05) is 11.5 Å². The summed E-state index contributed by atoms with van der Waals surface area (Å²) in [6, 6.07) is 0. The Morgan fingerprint density at radius 1 is 0.833 bits per heavy atom. The molecular weight excluding hydrogens is 164 g/mol. The first-order valence-electron chi connectivity index (χ1n) is 5.21. The fourth-order valence-electron chi connectivity index (χ4n) is 3.96.